The summed E-state index contributed by atoms with van der Waals surface area (Å²) in [5.74, 6) is 0.462. The molecule has 98 valence electrons. The molecule has 18 heavy (non-hydrogen) atoms. The fourth-order valence-electron chi connectivity index (χ4n) is 1.54. The first-order valence-corrected chi connectivity index (χ1v) is 7.16. The molecule has 0 N–H and O–H groups in total. The number of hydrogen-bond donors (Lipinski definition) is 0. The van der Waals surface area contributed by atoms with Gasteiger partial charge in [-0.15, -0.1) is 28.0 Å². The van der Waals surface area contributed by atoms with Gasteiger partial charge in [0.05, 0.1) is 6.54 Å². The van der Waals surface area contributed by atoms with E-state index < -0.39 is 0 Å². The van der Waals surface area contributed by atoms with Crippen LogP contribution in [0.5, 0.6) is 0 Å². The Bertz CT molecular complexity index is 481. The zero-order valence-electron chi connectivity index (χ0n) is 10.6. The van der Waals surface area contributed by atoms with Crippen molar-refractivity contribution in [3.63, 3.8) is 0 Å². The monoisotopic (exact) mass is 285 g/mol. The van der Waals surface area contributed by atoms with Gasteiger partial charge in [-0.05, 0) is 32.2 Å². The summed E-state index contributed by atoms with van der Waals surface area (Å²) in [6, 6.07) is 4.95. The van der Waals surface area contributed by atoms with E-state index in [4.69, 9.17) is 16.0 Å². The van der Waals surface area contributed by atoms with Gasteiger partial charge in [-0.3, -0.25) is 0 Å². The summed E-state index contributed by atoms with van der Waals surface area (Å²) in [7, 11) is 0. The van der Waals surface area contributed by atoms with Crippen molar-refractivity contribution in [2.75, 3.05) is 4.90 Å². The molecule has 0 amide bonds. The molecule has 2 aromatic heterocycles. The maximum absolute atomic E-state index is 5.93. The fraction of sp³-hybridized carbons (Fsp3) is 0.500. The van der Waals surface area contributed by atoms with Crippen LogP contribution in [0.2, 0.25) is 0 Å². The quantitative estimate of drug-likeness (QED) is 0.783. The Morgan fingerprint density at radius 3 is 2.67 bits per heavy atom. The lowest BCUT2D eigenvalue weighted by Crippen LogP contribution is -2.30. The van der Waals surface area contributed by atoms with E-state index in [1.165, 1.54) is 4.88 Å². The van der Waals surface area contributed by atoms with Crippen LogP contribution < -0.4 is 4.90 Å². The molecule has 0 aliphatic carbocycles. The van der Waals surface area contributed by atoms with E-state index in [0.29, 0.717) is 11.9 Å². The predicted octanol–water partition coefficient (Wildman–Crippen LogP) is 3.85. The van der Waals surface area contributed by atoms with E-state index in [1.54, 1.807) is 11.3 Å². The lowest BCUT2D eigenvalue weighted by molar-refractivity contribution is 0.470. The third-order valence-electron chi connectivity index (χ3n) is 2.55. The number of hydrogen-bond acceptors (Lipinski definition) is 5. The van der Waals surface area contributed by atoms with E-state index in [1.807, 2.05) is 13.0 Å². The van der Waals surface area contributed by atoms with Crippen molar-refractivity contribution in [3.05, 3.63) is 28.3 Å². The molecule has 0 aliphatic heterocycles. The number of anilines is 1. The second-order valence-electron chi connectivity index (χ2n) is 4.34. The molecule has 0 fully saturated rings. The first-order chi connectivity index (χ1) is 8.58. The maximum Gasteiger partial charge on any atom is 0.318 e. The van der Waals surface area contributed by atoms with Crippen molar-refractivity contribution in [2.24, 2.45) is 0 Å². The highest BCUT2D eigenvalue weighted by Gasteiger charge is 2.19. The summed E-state index contributed by atoms with van der Waals surface area (Å²) in [5.41, 5.74) is 0. The van der Waals surface area contributed by atoms with Crippen molar-refractivity contribution in [1.82, 2.24) is 10.2 Å². The Labute approximate surface area is 116 Å². The lowest BCUT2D eigenvalue weighted by Gasteiger charge is -2.23. The lowest BCUT2D eigenvalue weighted by atomic mass is 10.3. The van der Waals surface area contributed by atoms with E-state index in [2.05, 4.69) is 40.4 Å². The summed E-state index contributed by atoms with van der Waals surface area (Å²) in [6.07, 6.45) is 0. The molecule has 0 spiro atoms. The molecule has 2 heterocycles. The van der Waals surface area contributed by atoms with E-state index in [-0.39, 0.29) is 11.4 Å². The topological polar surface area (TPSA) is 42.2 Å². The molecule has 0 aromatic carbocycles. The third-order valence-corrected chi connectivity index (χ3v) is 3.59. The summed E-state index contributed by atoms with van der Waals surface area (Å²) in [4.78, 5) is 3.34. The largest absolute Gasteiger partial charge is 0.406 e. The van der Waals surface area contributed by atoms with Crippen LogP contribution in [0.15, 0.2) is 21.9 Å². The molecule has 0 radical (unpaired) electrons. The number of thiophene rings is 1. The standard InChI is InChI=1S/C12H16ClN3OS/c1-8(2)16(7-10-5-4-6-18-10)12-15-14-11(17-12)9(3)13/h4-6,8-9H,7H2,1-3H3. The van der Waals surface area contributed by atoms with Crippen LogP contribution in [0.4, 0.5) is 6.01 Å². The summed E-state index contributed by atoms with van der Waals surface area (Å²) < 4.78 is 5.59. The first-order valence-electron chi connectivity index (χ1n) is 5.84. The Hall–Kier alpha value is -1.07. The fourth-order valence-corrected chi connectivity index (χ4v) is 2.34. The normalized spacial score (nSPS) is 12.9. The summed E-state index contributed by atoms with van der Waals surface area (Å²) in [6.45, 7) is 6.79. The van der Waals surface area contributed by atoms with Crippen LogP contribution in [0, 0.1) is 0 Å². The van der Waals surface area contributed by atoms with Crippen LogP contribution in [0.25, 0.3) is 0 Å². The smallest absolute Gasteiger partial charge is 0.318 e. The molecule has 0 saturated heterocycles. The zero-order valence-corrected chi connectivity index (χ0v) is 12.2. The predicted molar refractivity (Wildman–Crippen MR) is 74.2 cm³/mol. The molecule has 6 heteroatoms. The Kier molecular flexibility index (Phi) is 4.24. The molecule has 2 aromatic rings. The number of rotatable bonds is 5. The van der Waals surface area contributed by atoms with Gasteiger partial charge < -0.3 is 9.32 Å². The van der Waals surface area contributed by atoms with Gasteiger partial charge in [0.2, 0.25) is 5.89 Å². The molecular weight excluding hydrogens is 270 g/mol. The van der Waals surface area contributed by atoms with Crippen molar-refractivity contribution in [1.29, 1.82) is 0 Å². The molecule has 1 atom stereocenters. The van der Waals surface area contributed by atoms with Gasteiger partial charge >= 0.3 is 6.01 Å². The van der Waals surface area contributed by atoms with Crippen molar-refractivity contribution in [3.8, 4) is 0 Å². The van der Waals surface area contributed by atoms with Gasteiger partial charge in [-0.25, -0.2) is 0 Å². The van der Waals surface area contributed by atoms with Crippen LogP contribution in [0.1, 0.15) is 36.9 Å². The van der Waals surface area contributed by atoms with Crippen LogP contribution in [-0.4, -0.2) is 16.2 Å². The Morgan fingerprint density at radius 1 is 1.39 bits per heavy atom. The molecule has 4 nitrogen and oxygen atoms in total. The minimum Gasteiger partial charge on any atom is -0.406 e. The molecule has 2 rings (SSSR count). The van der Waals surface area contributed by atoms with Crippen molar-refractivity contribution in [2.45, 2.75) is 38.7 Å². The Balaban J connectivity index is 2.18. The van der Waals surface area contributed by atoms with Crippen LogP contribution in [-0.2, 0) is 6.54 Å². The highest BCUT2D eigenvalue weighted by molar-refractivity contribution is 7.09. The second kappa shape index (κ2) is 5.71. The molecule has 0 aliphatic rings. The van der Waals surface area contributed by atoms with Gasteiger partial charge in [0.15, 0.2) is 0 Å². The van der Waals surface area contributed by atoms with Gasteiger partial charge in [0.1, 0.15) is 5.38 Å². The Morgan fingerprint density at radius 2 is 2.17 bits per heavy atom. The summed E-state index contributed by atoms with van der Waals surface area (Å²) >= 11 is 7.65. The highest BCUT2D eigenvalue weighted by Crippen LogP contribution is 2.24. The van der Waals surface area contributed by atoms with Crippen LogP contribution in [0.3, 0.4) is 0 Å². The zero-order chi connectivity index (χ0) is 13.1. The SMILES string of the molecule is CC(Cl)c1nnc(N(Cc2cccs2)C(C)C)o1. The second-order valence-corrected chi connectivity index (χ2v) is 6.03. The highest BCUT2D eigenvalue weighted by atomic mass is 35.5. The van der Waals surface area contributed by atoms with Crippen molar-refractivity contribution >= 4 is 29.0 Å². The van der Waals surface area contributed by atoms with Crippen LogP contribution >= 0.6 is 22.9 Å². The number of alkyl halides is 1. The van der Waals surface area contributed by atoms with E-state index in [9.17, 15) is 0 Å². The third kappa shape index (κ3) is 3.03. The van der Waals surface area contributed by atoms with Gasteiger partial charge in [-0.1, -0.05) is 11.2 Å². The average molecular weight is 286 g/mol. The average Bonchev–Trinajstić information content (AvgIpc) is 2.96. The number of aromatic nitrogens is 2. The maximum atomic E-state index is 5.93. The van der Waals surface area contributed by atoms with Gasteiger partial charge in [0, 0.05) is 10.9 Å². The van der Waals surface area contributed by atoms with Crippen molar-refractivity contribution < 1.29 is 4.42 Å². The molecular formula is C12H16ClN3OS. The van der Waals surface area contributed by atoms with E-state index >= 15 is 0 Å². The number of halogens is 1. The number of nitrogens with zero attached hydrogens (tertiary/aromatic N) is 3. The minimum absolute atomic E-state index is 0.262. The minimum atomic E-state index is -0.262. The molecule has 0 saturated carbocycles. The molecule has 0 bridgehead atoms. The van der Waals surface area contributed by atoms with Gasteiger partial charge in [0.25, 0.3) is 0 Å². The van der Waals surface area contributed by atoms with E-state index in [0.717, 1.165) is 6.54 Å². The summed E-state index contributed by atoms with van der Waals surface area (Å²) in [5, 5.41) is 9.83. The first kappa shape index (κ1) is 13.4. The molecule has 1 unspecified atom stereocenters. The van der Waals surface area contributed by atoms with Gasteiger partial charge in [-0.2, -0.15) is 0 Å².